The zero-order valence-corrected chi connectivity index (χ0v) is 15.8. The van der Waals surface area contributed by atoms with Crippen molar-refractivity contribution >= 4 is 17.0 Å². The number of hydrogen-bond acceptors (Lipinski definition) is 5. The Balaban J connectivity index is 1.81. The summed E-state index contributed by atoms with van der Waals surface area (Å²) in [6.07, 6.45) is 1.28. The number of benzene rings is 1. The largest absolute Gasteiger partial charge is 0.481 e. The van der Waals surface area contributed by atoms with Crippen molar-refractivity contribution in [3.05, 3.63) is 34.2 Å². The fourth-order valence-corrected chi connectivity index (χ4v) is 3.56. The predicted molar refractivity (Wildman–Crippen MR) is 104 cm³/mol. The molecule has 0 radical (unpaired) electrons. The van der Waals surface area contributed by atoms with E-state index in [1.54, 1.807) is 11.6 Å². The molecule has 2 heterocycles. The van der Waals surface area contributed by atoms with E-state index in [4.69, 9.17) is 5.11 Å². The number of unbranched alkanes of at least 4 members (excludes halogenated alkanes) is 2. The molecule has 1 aliphatic heterocycles. The van der Waals surface area contributed by atoms with Crippen molar-refractivity contribution in [1.29, 1.82) is 0 Å². The summed E-state index contributed by atoms with van der Waals surface area (Å²) in [6.45, 7) is 0. The molecule has 3 unspecified atom stereocenters. The molecule has 3 atom stereocenters. The molecule has 28 heavy (non-hydrogen) atoms. The molecule has 4 N–H and O–H groups in total. The maximum atomic E-state index is 12.8. The van der Waals surface area contributed by atoms with E-state index in [0.29, 0.717) is 31.2 Å². The summed E-state index contributed by atoms with van der Waals surface area (Å²) in [7, 11) is 1.68. The molecule has 1 aliphatic rings. The Kier molecular flexibility index (Phi) is 6.19. The quantitative estimate of drug-likeness (QED) is 0.447. The summed E-state index contributed by atoms with van der Waals surface area (Å²) in [5.74, 6) is 5.30. The number of rotatable bonds is 5. The number of aliphatic hydroxyl groups is 2. The SMILES string of the molecule is Cn1c(=O)n(C2CCC(O)NC2O)c2ccc(C#CCCCCC(=O)O)cc21. The molecule has 1 saturated heterocycles. The number of carboxylic acid groups (broad SMARTS) is 1. The van der Waals surface area contributed by atoms with Crippen LogP contribution in [-0.4, -0.2) is 42.9 Å². The van der Waals surface area contributed by atoms with Gasteiger partial charge in [0.1, 0.15) is 12.5 Å². The average molecular weight is 387 g/mol. The topological polar surface area (TPSA) is 117 Å². The highest BCUT2D eigenvalue weighted by Crippen LogP contribution is 2.26. The molecule has 2 aromatic rings. The third kappa shape index (κ3) is 4.28. The Hall–Kier alpha value is -2.60. The van der Waals surface area contributed by atoms with Gasteiger partial charge in [-0.3, -0.25) is 19.2 Å². The van der Waals surface area contributed by atoms with Crippen molar-refractivity contribution in [3.8, 4) is 11.8 Å². The molecule has 0 bridgehead atoms. The van der Waals surface area contributed by atoms with Crippen LogP contribution in [0.1, 0.15) is 50.1 Å². The van der Waals surface area contributed by atoms with Crippen LogP contribution in [0.3, 0.4) is 0 Å². The number of nitrogens with zero attached hydrogens (tertiary/aromatic N) is 2. The van der Waals surface area contributed by atoms with Crippen LogP contribution in [0.15, 0.2) is 23.0 Å². The van der Waals surface area contributed by atoms with Crippen LogP contribution in [0.2, 0.25) is 0 Å². The van der Waals surface area contributed by atoms with Crippen LogP contribution in [0.25, 0.3) is 11.0 Å². The van der Waals surface area contributed by atoms with Crippen molar-refractivity contribution in [1.82, 2.24) is 14.5 Å². The molecule has 0 amide bonds. The standard InChI is InChI=1S/C20H25N3O5/c1-22-16-12-13(6-4-2-3-5-7-18(25)26)8-9-14(16)23(20(22)28)15-10-11-17(24)21-19(15)27/h8-9,12,15,17,19,21,24,27H,2-3,5,7,10-11H2,1H3,(H,25,26). The highest BCUT2D eigenvalue weighted by atomic mass is 16.4. The minimum Gasteiger partial charge on any atom is -0.481 e. The van der Waals surface area contributed by atoms with E-state index >= 15 is 0 Å². The van der Waals surface area contributed by atoms with E-state index in [2.05, 4.69) is 17.2 Å². The number of nitrogens with one attached hydrogen (secondary N) is 1. The first-order chi connectivity index (χ1) is 13.4. The number of aryl methyl sites for hydroxylation is 1. The van der Waals surface area contributed by atoms with Gasteiger partial charge in [-0.15, -0.1) is 0 Å². The van der Waals surface area contributed by atoms with Crippen LogP contribution in [0.4, 0.5) is 0 Å². The van der Waals surface area contributed by atoms with Crippen LogP contribution in [-0.2, 0) is 11.8 Å². The Morgan fingerprint density at radius 1 is 1.25 bits per heavy atom. The zero-order chi connectivity index (χ0) is 20.3. The molecule has 1 aromatic heterocycles. The van der Waals surface area contributed by atoms with Gasteiger partial charge in [-0.05, 0) is 43.9 Å². The van der Waals surface area contributed by atoms with Gasteiger partial charge in [-0.25, -0.2) is 4.79 Å². The van der Waals surface area contributed by atoms with Crippen molar-refractivity contribution in [2.75, 3.05) is 0 Å². The number of aliphatic carboxylic acids is 1. The smallest absolute Gasteiger partial charge is 0.329 e. The van der Waals surface area contributed by atoms with E-state index in [-0.39, 0.29) is 12.1 Å². The molecule has 3 rings (SSSR count). The Morgan fingerprint density at radius 3 is 2.75 bits per heavy atom. The van der Waals surface area contributed by atoms with Gasteiger partial charge in [0, 0.05) is 25.5 Å². The molecular weight excluding hydrogens is 362 g/mol. The highest BCUT2D eigenvalue weighted by molar-refractivity contribution is 5.78. The third-order valence-electron chi connectivity index (χ3n) is 5.06. The molecule has 150 valence electrons. The lowest BCUT2D eigenvalue weighted by Crippen LogP contribution is -2.49. The van der Waals surface area contributed by atoms with Crippen LogP contribution in [0, 0.1) is 11.8 Å². The third-order valence-corrected chi connectivity index (χ3v) is 5.06. The first kappa shape index (κ1) is 20.1. The van der Waals surface area contributed by atoms with Gasteiger partial charge in [0.25, 0.3) is 0 Å². The number of hydrogen-bond donors (Lipinski definition) is 4. The number of aliphatic hydroxyl groups excluding tert-OH is 2. The summed E-state index contributed by atoms with van der Waals surface area (Å²) >= 11 is 0. The Labute approximate surface area is 162 Å². The molecule has 1 aromatic carbocycles. The predicted octanol–water partition coefficient (Wildman–Crippen LogP) is 0.898. The molecule has 8 heteroatoms. The molecule has 8 nitrogen and oxygen atoms in total. The second kappa shape index (κ2) is 8.61. The van der Waals surface area contributed by atoms with E-state index in [9.17, 15) is 19.8 Å². The van der Waals surface area contributed by atoms with Crippen molar-refractivity contribution in [3.63, 3.8) is 0 Å². The van der Waals surface area contributed by atoms with Crippen LogP contribution < -0.4 is 11.0 Å². The van der Waals surface area contributed by atoms with E-state index < -0.39 is 24.5 Å². The van der Waals surface area contributed by atoms with Gasteiger partial charge in [0.2, 0.25) is 0 Å². The van der Waals surface area contributed by atoms with E-state index in [0.717, 1.165) is 17.5 Å². The minimum absolute atomic E-state index is 0.155. The number of fused-ring (bicyclic) bond motifs is 1. The normalized spacial score (nSPS) is 22.0. The van der Waals surface area contributed by atoms with Crippen molar-refractivity contribution in [2.45, 2.75) is 57.0 Å². The number of carbonyl (C=O) groups is 1. The maximum absolute atomic E-state index is 12.8. The lowest BCUT2D eigenvalue weighted by atomic mass is 10.0. The fourth-order valence-electron chi connectivity index (χ4n) is 3.56. The molecular formula is C20H25N3O5. The van der Waals surface area contributed by atoms with E-state index in [1.807, 2.05) is 18.2 Å². The van der Waals surface area contributed by atoms with Crippen molar-refractivity contribution < 1.29 is 20.1 Å². The fraction of sp³-hybridized carbons (Fsp3) is 0.500. The Morgan fingerprint density at radius 2 is 2.04 bits per heavy atom. The summed E-state index contributed by atoms with van der Waals surface area (Å²) in [4.78, 5) is 23.2. The second-order valence-corrected chi connectivity index (χ2v) is 7.09. The number of piperidine rings is 1. The Bertz CT molecular complexity index is 981. The summed E-state index contributed by atoms with van der Waals surface area (Å²) < 4.78 is 3.10. The van der Waals surface area contributed by atoms with Gasteiger partial charge < -0.3 is 15.3 Å². The first-order valence-electron chi connectivity index (χ1n) is 9.42. The molecule has 0 saturated carbocycles. The molecule has 0 spiro atoms. The molecule has 1 fully saturated rings. The van der Waals surface area contributed by atoms with Gasteiger partial charge in [0.05, 0.1) is 17.1 Å². The summed E-state index contributed by atoms with van der Waals surface area (Å²) in [6, 6.07) is 5.04. The monoisotopic (exact) mass is 387 g/mol. The number of imidazole rings is 1. The van der Waals surface area contributed by atoms with Gasteiger partial charge in [0.15, 0.2) is 0 Å². The minimum atomic E-state index is -1.00. The first-order valence-corrected chi connectivity index (χ1v) is 9.42. The van der Waals surface area contributed by atoms with Crippen LogP contribution in [0.5, 0.6) is 0 Å². The highest BCUT2D eigenvalue weighted by Gasteiger charge is 2.31. The maximum Gasteiger partial charge on any atom is 0.329 e. The summed E-state index contributed by atoms with van der Waals surface area (Å²) in [5.41, 5.74) is 1.98. The van der Waals surface area contributed by atoms with Gasteiger partial charge in [-0.1, -0.05) is 11.8 Å². The second-order valence-electron chi connectivity index (χ2n) is 7.09. The molecule has 0 aliphatic carbocycles. The van der Waals surface area contributed by atoms with Gasteiger partial charge >= 0.3 is 11.7 Å². The lowest BCUT2D eigenvalue weighted by Gasteiger charge is -2.32. The van der Waals surface area contributed by atoms with Crippen molar-refractivity contribution in [2.24, 2.45) is 7.05 Å². The average Bonchev–Trinajstić information content (AvgIpc) is 2.89. The number of aromatic nitrogens is 2. The van der Waals surface area contributed by atoms with Gasteiger partial charge in [-0.2, -0.15) is 0 Å². The van der Waals surface area contributed by atoms with Crippen LogP contribution >= 0.6 is 0 Å². The zero-order valence-electron chi connectivity index (χ0n) is 15.8. The lowest BCUT2D eigenvalue weighted by molar-refractivity contribution is -0.137. The summed E-state index contributed by atoms with van der Waals surface area (Å²) in [5, 5.41) is 31.2. The number of carboxylic acids is 1. The van der Waals surface area contributed by atoms with E-state index in [1.165, 1.54) is 4.57 Å².